The van der Waals surface area contributed by atoms with E-state index in [0.29, 0.717) is 25.7 Å². The number of aromatic hydroxyl groups is 2. The fourth-order valence-corrected chi connectivity index (χ4v) is 7.27. The maximum atomic E-state index is 12.5. The van der Waals surface area contributed by atoms with Crippen molar-refractivity contribution < 1.29 is 39.2 Å². The Bertz CT molecular complexity index is 1410. The van der Waals surface area contributed by atoms with Crippen LogP contribution in [0.4, 0.5) is 0 Å². The Kier molecular flexibility index (Phi) is 10.7. The van der Waals surface area contributed by atoms with Crippen molar-refractivity contribution in [2.45, 2.75) is 99.3 Å². The Morgan fingerprint density at radius 3 is 1.41 bits per heavy atom. The largest absolute Gasteiger partial charge is 0.503 e. The molecule has 12 nitrogen and oxygen atoms in total. The minimum atomic E-state index is -0.496. The zero-order valence-corrected chi connectivity index (χ0v) is 28.6. The number of hydrogen-bond donors (Lipinski definition) is 5. The third kappa shape index (κ3) is 7.89. The molecule has 5 N–H and O–H groups in total. The summed E-state index contributed by atoms with van der Waals surface area (Å²) in [6, 6.07) is 2.73. The van der Waals surface area contributed by atoms with Crippen molar-refractivity contribution in [3.8, 4) is 23.0 Å². The van der Waals surface area contributed by atoms with Gasteiger partial charge in [-0.15, -0.1) is 0 Å². The molecule has 0 aromatic carbocycles. The molecule has 2 heterocycles. The van der Waals surface area contributed by atoms with Gasteiger partial charge in [0, 0.05) is 47.4 Å². The maximum absolute atomic E-state index is 12.5. The van der Waals surface area contributed by atoms with Crippen LogP contribution in [0.3, 0.4) is 0 Å². The minimum absolute atomic E-state index is 0.0499. The van der Waals surface area contributed by atoms with Crippen LogP contribution in [0.15, 0.2) is 24.5 Å². The van der Waals surface area contributed by atoms with Gasteiger partial charge in [0.05, 0.1) is 20.3 Å². The highest BCUT2D eigenvalue weighted by Crippen LogP contribution is 2.46. The molecule has 0 spiro atoms. The van der Waals surface area contributed by atoms with Crippen LogP contribution in [0.5, 0.6) is 23.0 Å². The Morgan fingerprint density at radius 1 is 0.717 bits per heavy atom. The molecule has 0 bridgehead atoms. The quantitative estimate of drug-likeness (QED) is 0.303. The van der Waals surface area contributed by atoms with E-state index < -0.39 is 28.7 Å². The molecule has 0 aliphatic heterocycles. The molecule has 2 fully saturated rings. The van der Waals surface area contributed by atoms with Gasteiger partial charge in [0.25, 0.3) is 11.8 Å². The van der Waals surface area contributed by atoms with Crippen molar-refractivity contribution in [2.75, 3.05) is 14.2 Å². The fourth-order valence-electron chi connectivity index (χ4n) is 7.27. The Hall–Kier alpha value is -3.93. The zero-order valence-electron chi connectivity index (χ0n) is 28.6. The van der Waals surface area contributed by atoms with Crippen LogP contribution in [-0.2, 0) is 4.79 Å². The van der Waals surface area contributed by atoms with E-state index >= 15 is 0 Å². The van der Waals surface area contributed by atoms with Gasteiger partial charge in [-0.05, 0) is 36.5 Å². The number of aromatic nitrogens is 2. The Balaban J connectivity index is 0.000000250. The number of ether oxygens (including phenoxy) is 2. The molecular weight excluding hydrogens is 592 g/mol. The molecule has 2 aliphatic carbocycles. The highest BCUT2D eigenvalue weighted by Gasteiger charge is 2.48. The van der Waals surface area contributed by atoms with Gasteiger partial charge in [-0.25, -0.2) is 9.97 Å². The van der Waals surface area contributed by atoms with Gasteiger partial charge in [-0.3, -0.25) is 14.4 Å². The summed E-state index contributed by atoms with van der Waals surface area (Å²) in [5, 5.41) is 36.4. The highest BCUT2D eigenvalue weighted by molar-refractivity contribution is 5.97. The first-order chi connectivity index (χ1) is 21.2. The third-order valence-electron chi connectivity index (χ3n) is 9.08. The van der Waals surface area contributed by atoms with E-state index in [1.54, 1.807) is 0 Å². The molecule has 2 aliphatic rings. The standard InChI is InChI=1S/C17H26N2O4.C17H24N2O4/c2*1-16(2)8-10(9-17(3,4)15(16)22)19-14(21)12-13(20)11(23-5)6-7-18-12/h6-7,10,15,20,22H,8-9H2,1-5H3,(H,19,21);6-7,10,20H,8-9H2,1-5H3,(H,19,21). The van der Waals surface area contributed by atoms with Gasteiger partial charge < -0.3 is 35.4 Å². The SMILES string of the molecule is COc1ccnc(C(=O)NC2CC(C)(C)C(=O)C(C)(C)C2)c1O.COc1ccnc(C(=O)NC2CC(C)(C)C(O)C(C)(C)C2)c1O. The van der Waals surface area contributed by atoms with E-state index in [9.17, 15) is 29.7 Å². The molecule has 2 aromatic heterocycles. The number of nitrogens with zero attached hydrogens (tertiary/aromatic N) is 2. The van der Waals surface area contributed by atoms with Crippen LogP contribution in [0.1, 0.15) is 102 Å². The molecule has 0 saturated heterocycles. The number of aliphatic hydroxyl groups is 1. The van der Waals surface area contributed by atoms with E-state index in [4.69, 9.17) is 9.47 Å². The lowest BCUT2D eigenvalue weighted by Crippen LogP contribution is -2.54. The van der Waals surface area contributed by atoms with Crippen molar-refractivity contribution in [1.82, 2.24) is 20.6 Å². The molecular formula is C34H50N4O8. The van der Waals surface area contributed by atoms with Crippen molar-refractivity contribution in [1.29, 1.82) is 0 Å². The highest BCUT2D eigenvalue weighted by atomic mass is 16.5. The summed E-state index contributed by atoms with van der Waals surface area (Å²) in [4.78, 5) is 45.2. The normalized spacial score (nSPS) is 22.9. The number of methoxy groups -OCH3 is 2. The first kappa shape index (κ1) is 36.5. The van der Waals surface area contributed by atoms with Crippen LogP contribution >= 0.6 is 0 Å². The molecule has 12 heteroatoms. The number of carbonyl (C=O) groups is 3. The molecule has 0 atom stereocenters. The Labute approximate surface area is 271 Å². The van der Waals surface area contributed by atoms with E-state index in [2.05, 4.69) is 20.6 Å². The van der Waals surface area contributed by atoms with Crippen molar-refractivity contribution >= 4 is 17.6 Å². The number of rotatable bonds is 6. The predicted octanol–water partition coefficient (Wildman–Crippen LogP) is 4.41. The van der Waals surface area contributed by atoms with Gasteiger partial charge >= 0.3 is 0 Å². The lowest BCUT2D eigenvalue weighted by molar-refractivity contribution is -0.140. The molecule has 2 aromatic rings. The molecule has 2 saturated carbocycles. The first-order valence-electron chi connectivity index (χ1n) is 15.5. The van der Waals surface area contributed by atoms with Gasteiger partial charge in [0.2, 0.25) is 0 Å². The average Bonchev–Trinajstić information content (AvgIpc) is 2.94. The van der Waals surface area contributed by atoms with Crippen LogP contribution in [-0.4, -0.2) is 75.3 Å². The fraction of sp³-hybridized carbons (Fsp3) is 0.618. The van der Waals surface area contributed by atoms with E-state index in [0.717, 1.165) is 0 Å². The van der Waals surface area contributed by atoms with Crippen molar-refractivity contribution in [3.63, 3.8) is 0 Å². The number of aliphatic hydroxyl groups excluding tert-OH is 1. The second-order valence-electron chi connectivity index (χ2n) is 15.1. The smallest absolute Gasteiger partial charge is 0.274 e. The van der Waals surface area contributed by atoms with Gasteiger partial charge in [0.15, 0.2) is 34.4 Å². The molecule has 46 heavy (non-hydrogen) atoms. The lowest BCUT2D eigenvalue weighted by Gasteiger charge is -2.49. The first-order valence-corrected chi connectivity index (χ1v) is 15.5. The molecule has 4 rings (SSSR count). The van der Waals surface area contributed by atoms with Crippen LogP contribution in [0.25, 0.3) is 0 Å². The number of amides is 2. The summed E-state index contributed by atoms with van der Waals surface area (Å²) < 4.78 is 9.99. The van der Waals surface area contributed by atoms with E-state index in [1.165, 1.54) is 38.7 Å². The monoisotopic (exact) mass is 642 g/mol. The summed E-state index contributed by atoms with van der Waals surface area (Å²) in [6.07, 6.45) is 4.84. The van der Waals surface area contributed by atoms with Crippen LogP contribution in [0.2, 0.25) is 0 Å². The van der Waals surface area contributed by atoms with E-state index in [1.807, 2.05) is 55.4 Å². The molecule has 0 radical (unpaired) electrons. The predicted molar refractivity (Wildman–Crippen MR) is 172 cm³/mol. The van der Waals surface area contributed by atoms with Crippen molar-refractivity contribution in [2.24, 2.45) is 21.7 Å². The van der Waals surface area contributed by atoms with E-state index in [-0.39, 0.29) is 63.1 Å². The average molecular weight is 643 g/mol. The Morgan fingerprint density at radius 2 is 1.07 bits per heavy atom. The van der Waals surface area contributed by atoms with Gasteiger partial charge in [-0.1, -0.05) is 55.4 Å². The van der Waals surface area contributed by atoms with Gasteiger partial charge in [-0.2, -0.15) is 0 Å². The third-order valence-corrected chi connectivity index (χ3v) is 9.08. The number of ketones is 1. The number of hydrogen-bond acceptors (Lipinski definition) is 10. The van der Waals surface area contributed by atoms with Crippen LogP contribution < -0.4 is 20.1 Å². The number of carbonyl (C=O) groups excluding carboxylic acids is 3. The number of nitrogens with one attached hydrogen (secondary N) is 2. The van der Waals surface area contributed by atoms with Crippen molar-refractivity contribution in [3.05, 3.63) is 35.9 Å². The summed E-state index contributed by atoms with van der Waals surface area (Å²) in [5.74, 6) is -0.825. The lowest BCUT2D eigenvalue weighted by atomic mass is 9.61. The summed E-state index contributed by atoms with van der Waals surface area (Å²) in [5.41, 5.74) is -1.72. The molecule has 0 unspecified atom stereocenters. The summed E-state index contributed by atoms with van der Waals surface area (Å²) in [6.45, 7) is 15.6. The maximum Gasteiger partial charge on any atom is 0.274 e. The minimum Gasteiger partial charge on any atom is -0.503 e. The number of Topliss-reactive ketones (excluding diaryl/α,β-unsaturated/α-hetero) is 1. The number of pyridine rings is 2. The second kappa shape index (κ2) is 13.4. The van der Waals surface area contributed by atoms with Crippen LogP contribution in [0, 0.1) is 21.7 Å². The van der Waals surface area contributed by atoms with Gasteiger partial charge in [0.1, 0.15) is 5.78 Å². The topological polar surface area (TPSA) is 180 Å². The summed E-state index contributed by atoms with van der Waals surface area (Å²) >= 11 is 0. The summed E-state index contributed by atoms with van der Waals surface area (Å²) in [7, 11) is 2.83. The zero-order chi connectivity index (χ0) is 34.8. The molecule has 254 valence electrons. The second-order valence-corrected chi connectivity index (χ2v) is 15.1. The molecule has 2 amide bonds.